The van der Waals surface area contributed by atoms with Gasteiger partial charge in [0.2, 0.25) is 0 Å². The normalized spacial score (nSPS) is 25.3. The summed E-state index contributed by atoms with van der Waals surface area (Å²) in [5.41, 5.74) is 0. The molecule has 1 aliphatic carbocycles. The highest BCUT2D eigenvalue weighted by molar-refractivity contribution is 4.95. The number of aryl methyl sites for hydroxylation is 1. The first-order valence-corrected chi connectivity index (χ1v) is 8.27. The van der Waals surface area contributed by atoms with Gasteiger partial charge in [0.15, 0.2) is 5.82 Å². The van der Waals surface area contributed by atoms with Gasteiger partial charge in [0.25, 0.3) is 0 Å². The zero-order chi connectivity index (χ0) is 14.5. The van der Waals surface area contributed by atoms with E-state index < -0.39 is 0 Å². The van der Waals surface area contributed by atoms with Crippen LogP contribution in [0.5, 0.6) is 0 Å². The van der Waals surface area contributed by atoms with Crippen molar-refractivity contribution < 1.29 is 4.74 Å². The van der Waals surface area contributed by atoms with E-state index in [1.165, 1.54) is 32.1 Å². The molecule has 2 heterocycles. The third kappa shape index (κ3) is 4.25. The topological polar surface area (TPSA) is 66.1 Å². The average Bonchev–Trinajstić information content (AvgIpc) is 2.95. The van der Waals surface area contributed by atoms with Crippen LogP contribution in [-0.4, -0.2) is 58.9 Å². The summed E-state index contributed by atoms with van der Waals surface area (Å²) in [5, 5.41) is 10.8. The minimum Gasteiger partial charge on any atom is -0.367 e. The molecule has 1 aliphatic heterocycles. The average molecular weight is 293 g/mol. The van der Waals surface area contributed by atoms with E-state index in [0.29, 0.717) is 0 Å². The van der Waals surface area contributed by atoms with Gasteiger partial charge in [0.05, 0.1) is 6.61 Å². The molecule has 6 nitrogen and oxygen atoms in total. The molecule has 0 bridgehead atoms. The molecule has 1 aromatic rings. The Labute approximate surface area is 126 Å². The number of hydrogen-bond acceptors (Lipinski definition) is 5. The highest BCUT2D eigenvalue weighted by Gasteiger charge is 2.25. The minimum absolute atomic E-state index is 0.0124. The summed E-state index contributed by atoms with van der Waals surface area (Å²) >= 11 is 0. The summed E-state index contributed by atoms with van der Waals surface area (Å²) in [6.07, 6.45) is 6.91. The number of nitrogens with one attached hydrogen (secondary N) is 2. The third-order valence-corrected chi connectivity index (χ3v) is 4.52. The maximum atomic E-state index is 5.80. The molecule has 1 atom stereocenters. The fraction of sp³-hybridized carbons (Fsp3) is 0.867. The highest BCUT2D eigenvalue weighted by Crippen LogP contribution is 2.19. The number of H-pyrrole nitrogens is 1. The second-order valence-corrected chi connectivity index (χ2v) is 6.23. The van der Waals surface area contributed by atoms with Crippen molar-refractivity contribution >= 4 is 0 Å². The molecule has 2 aliphatic rings. The van der Waals surface area contributed by atoms with Gasteiger partial charge in [-0.3, -0.25) is 10.00 Å². The van der Waals surface area contributed by atoms with Crippen LogP contribution in [0.1, 0.15) is 49.9 Å². The van der Waals surface area contributed by atoms with Crippen LogP contribution < -0.4 is 5.32 Å². The molecule has 2 N–H and O–H groups in total. The van der Waals surface area contributed by atoms with Crippen LogP contribution >= 0.6 is 0 Å². The maximum absolute atomic E-state index is 5.80. The summed E-state index contributed by atoms with van der Waals surface area (Å²) in [6, 6.07) is 0.742. The summed E-state index contributed by atoms with van der Waals surface area (Å²) in [5.74, 6) is 1.64. The van der Waals surface area contributed by atoms with Gasteiger partial charge in [0, 0.05) is 32.2 Å². The number of nitrogens with zero attached hydrogens (tertiary/aromatic N) is 3. The number of ether oxygens (including phenoxy) is 1. The Morgan fingerprint density at radius 2 is 2.19 bits per heavy atom. The van der Waals surface area contributed by atoms with E-state index in [0.717, 1.165) is 50.5 Å². The molecule has 1 aromatic heterocycles. The molecule has 0 radical (unpaired) electrons. The van der Waals surface area contributed by atoms with Crippen LogP contribution in [0.15, 0.2) is 0 Å². The Morgan fingerprint density at radius 1 is 1.33 bits per heavy atom. The minimum atomic E-state index is 0.0124. The number of aromatic nitrogens is 3. The predicted octanol–water partition coefficient (Wildman–Crippen LogP) is 1.41. The zero-order valence-electron chi connectivity index (χ0n) is 13.0. The Bertz CT molecular complexity index is 429. The molecular weight excluding hydrogens is 266 g/mol. The summed E-state index contributed by atoms with van der Waals surface area (Å²) in [6.45, 7) is 6.74. The monoisotopic (exact) mass is 293 g/mol. The van der Waals surface area contributed by atoms with Gasteiger partial charge in [-0.1, -0.05) is 19.3 Å². The lowest BCUT2D eigenvalue weighted by atomic mass is 9.95. The van der Waals surface area contributed by atoms with Crippen molar-refractivity contribution in [3.8, 4) is 0 Å². The van der Waals surface area contributed by atoms with Gasteiger partial charge in [0.1, 0.15) is 11.9 Å². The molecule has 1 saturated heterocycles. The van der Waals surface area contributed by atoms with Gasteiger partial charge < -0.3 is 10.1 Å². The van der Waals surface area contributed by atoms with E-state index in [-0.39, 0.29) is 6.10 Å². The molecule has 0 aromatic carbocycles. The number of hydrogen-bond donors (Lipinski definition) is 2. The first kappa shape index (κ1) is 14.9. The van der Waals surface area contributed by atoms with Gasteiger partial charge in [-0.25, -0.2) is 4.98 Å². The number of morpholine rings is 1. The Kier molecular flexibility index (Phi) is 5.22. The standard InChI is InChI=1S/C15H27N5O/c1-12-17-15(19-18-12)14-11-20(9-10-21-14)8-7-16-13-5-3-2-4-6-13/h13-14,16H,2-11H2,1H3,(H,17,18,19)/t14-/m1/s1. The number of rotatable bonds is 5. The van der Waals surface area contributed by atoms with Crippen molar-refractivity contribution in [3.63, 3.8) is 0 Å². The molecule has 0 amide bonds. The van der Waals surface area contributed by atoms with Gasteiger partial charge >= 0.3 is 0 Å². The second-order valence-electron chi connectivity index (χ2n) is 6.23. The molecule has 1 saturated carbocycles. The van der Waals surface area contributed by atoms with Crippen LogP contribution in [0.2, 0.25) is 0 Å². The highest BCUT2D eigenvalue weighted by atomic mass is 16.5. The van der Waals surface area contributed by atoms with Crippen LogP contribution in [0, 0.1) is 6.92 Å². The predicted molar refractivity (Wildman–Crippen MR) is 81.1 cm³/mol. The van der Waals surface area contributed by atoms with Crippen LogP contribution in [0.25, 0.3) is 0 Å². The first-order chi connectivity index (χ1) is 10.3. The lowest BCUT2D eigenvalue weighted by molar-refractivity contribution is -0.0338. The van der Waals surface area contributed by atoms with Crippen molar-refractivity contribution in [2.24, 2.45) is 0 Å². The molecule has 2 fully saturated rings. The van der Waals surface area contributed by atoms with E-state index >= 15 is 0 Å². The summed E-state index contributed by atoms with van der Waals surface area (Å²) in [7, 11) is 0. The lowest BCUT2D eigenvalue weighted by Crippen LogP contribution is -2.43. The first-order valence-electron chi connectivity index (χ1n) is 8.27. The van der Waals surface area contributed by atoms with Gasteiger partial charge in [-0.05, 0) is 19.8 Å². The molecule has 3 rings (SSSR count). The quantitative estimate of drug-likeness (QED) is 0.859. The van der Waals surface area contributed by atoms with Gasteiger partial charge in [-0.2, -0.15) is 5.10 Å². The Balaban J connectivity index is 1.41. The van der Waals surface area contributed by atoms with Crippen molar-refractivity contribution in [2.75, 3.05) is 32.8 Å². The third-order valence-electron chi connectivity index (χ3n) is 4.52. The van der Waals surface area contributed by atoms with Crippen LogP contribution in [-0.2, 0) is 4.74 Å². The molecule has 0 spiro atoms. The van der Waals surface area contributed by atoms with E-state index in [4.69, 9.17) is 4.74 Å². The van der Waals surface area contributed by atoms with Crippen molar-refractivity contribution in [1.29, 1.82) is 0 Å². The maximum Gasteiger partial charge on any atom is 0.180 e. The fourth-order valence-corrected chi connectivity index (χ4v) is 3.30. The molecule has 6 heteroatoms. The summed E-state index contributed by atoms with van der Waals surface area (Å²) in [4.78, 5) is 6.84. The van der Waals surface area contributed by atoms with Crippen molar-refractivity contribution in [2.45, 2.75) is 51.2 Å². The second kappa shape index (κ2) is 7.33. The Hall–Kier alpha value is -0.980. The number of aromatic amines is 1. The molecule has 21 heavy (non-hydrogen) atoms. The van der Waals surface area contributed by atoms with E-state index in [1.807, 2.05) is 6.92 Å². The molecule has 118 valence electrons. The van der Waals surface area contributed by atoms with E-state index in [1.54, 1.807) is 0 Å². The van der Waals surface area contributed by atoms with Crippen molar-refractivity contribution in [3.05, 3.63) is 11.6 Å². The summed E-state index contributed by atoms with van der Waals surface area (Å²) < 4.78 is 5.80. The lowest BCUT2D eigenvalue weighted by Gasteiger charge is -2.32. The van der Waals surface area contributed by atoms with Crippen LogP contribution in [0.4, 0.5) is 0 Å². The van der Waals surface area contributed by atoms with E-state index in [9.17, 15) is 0 Å². The SMILES string of the molecule is Cc1nc([C@H]2CN(CCNC3CCCCC3)CCO2)n[nH]1. The molecule has 0 unspecified atom stereocenters. The van der Waals surface area contributed by atoms with E-state index in [2.05, 4.69) is 25.4 Å². The smallest absolute Gasteiger partial charge is 0.180 e. The van der Waals surface area contributed by atoms with Crippen LogP contribution in [0.3, 0.4) is 0 Å². The Morgan fingerprint density at radius 3 is 2.95 bits per heavy atom. The van der Waals surface area contributed by atoms with Crippen molar-refractivity contribution in [1.82, 2.24) is 25.4 Å². The largest absolute Gasteiger partial charge is 0.367 e. The molecular formula is C15H27N5O. The zero-order valence-corrected chi connectivity index (χ0v) is 13.0. The van der Waals surface area contributed by atoms with Gasteiger partial charge in [-0.15, -0.1) is 0 Å². The fourth-order valence-electron chi connectivity index (χ4n) is 3.30.